The van der Waals surface area contributed by atoms with Gasteiger partial charge in [-0.05, 0) is 0 Å². The van der Waals surface area contributed by atoms with Crippen LogP contribution in [-0.2, 0) is 9.47 Å². The molecule has 2 aromatic carbocycles. The molecule has 2 aliphatic rings. The third-order valence-electron chi connectivity index (χ3n) is 7.21. The summed E-state index contributed by atoms with van der Waals surface area (Å²) in [5.41, 5.74) is -1.79. The van der Waals surface area contributed by atoms with E-state index < -0.39 is 107 Å². The van der Waals surface area contributed by atoms with Gasteiger partial charge in [0, 0.05) is 11.6 Å². The summed E-state index contributed by atoms with van der Waals surface area (Å²) in [4.78, 5) is 13.4. The average molecular weight is 548 g/mol. The Bertz CT molecular complexity index is 1400. The van der Waals surface area contributed by atoms with Crippen molar-refractivity contribution in [2.75, 3.05) is 13.2 Å². The zero-order valence-corrected chi connectivity index (χ0v) is 20.2. The number of aliphatic hydroxyl groups is 7. The minimum atomic E-state index is -1.95. The molecular formula is C26H28O13. The van der Waals surface area contributed by atoms with E-state index >= 15 is 0 Å². The van der Waals surface area contributed by atoms with Gasteiger partial charge in [-0.15, -0.1) is 0 Å². The number of phenols is 2. The molecule has 39 heavy (non-hydrogen) atoms. The molecule has 2 aliphatic heterocycles. The smallest absolute Gasteiger partial charge is 0.197 e. The highest BCUT2D eigenvalue weighted by Crippen LogP contribution is 2.50. The van der Waals surface area contributed by atoms with E-state index in [9.17, 15) is 50.8 Å². The first-order chi connectivity index (χ1) is 18.6. The van der Waals surface area contributed by atoms with Gasteiger partial charge in [-0.3, -0.25) is 4.79 Å². The number of benzene rings is 2. The zero-order chi connectivity index (χ0) is 28.2. The highest BCUT2D eigenvalue weighted by molar-refractivity contribution is 5.91. The van der Waals surface area contributed by atoms with Crippen LogP contribution in [0.15, 0.2) is 45.6 Å². The molecule has 0 spiro atoms. The predicted octanol–water partition coefficient (Wildman–Crippen LogP) is -1.46. The molecular weight excluding hydrogens is 520 g/mol. The minimum absolute atomic E-state index is 0.0274. The lowest BCUT2D eigenvalue weighted by atomic mass is 9.85. The van der Waals surface area contributed by atoms with Gasteiger partial charge in [-0.1, -0.05) is 30.3 Å². The summed E-state index contributed by atoms with van der Waals surface area (Å²) >= 11 is 0. The second kappa shape index (κ2) is 10.5. The number of phenolic OH excluding ortho intramolecular Hbond substituents is 2. The van der Waals surface area contributed by atoms with Crippen LogP contribution < -0.4 is 5.43 Å². The Labute approximate surface area is 220 Å². The number of aliphatic hydroxyl groups excluding tert-OH is 7. The fourth-order valence-corrected chi connectivity index (χ4v) is 5.09. The van der Waals surface area contributed by atoms with E-state index in [0.717, 1.165) is 6.07 Å². The molecule has 0 amide bonds. The van der Waals surface area contributed by atoms with E-state index in [1.807, 2.05) is 0 Å². The monoisotopic (exact) mass is 548 g/mol. The summed E-state index contributed by atoms with van der Waals surface area (Å²) in [6, 6.07) is 9.45. The summed E-state index contributed by atoms with van der Waals surface area (Å²) in [7, 11) is 0. The summed E-state index contributed by atoms with van der Waals surface area (Å²) < 4.78 is 17.0. The molecule has 9 atom stereocenters. The minimum Gasteiger partial charge on any atom is -0.507 e. The quantitative estimate of drug-likeness (QED) is 0.182. The van der Waals surface area contributed by atoms with Gasteiger partial charge in [-0.25, -0.2) is 0 Å². The first-order valence-corrected chi connectivity index (χ1v) is 12.1. The average Bonchev–Trinajstić information content (AvgIpc) is 2.93. The highest BCUT2D eigenvalue weighted by Gasteiger charge is 2.48. The summed E-state index contributed by atoms with van der Waals surface area (Å²) in [6.07, 6.45) is -15.4. The molecule has 0 bridgehead atoms. The fraction of sp³-hybridized carbons (Fsp3) is 0.423. The lowest BCUT2D eigenvalue weighted by molar-refractivity contribution is -0.232. The molecule has 2 saturated heterocycles. The Hall–Kier alpha value is -3.11. The number of fused-ring (bicyclic) bond motifs is 1. The Morgan fingerprint density at radius 3 is 2.13 bits per heavy atom. The number of rotatable bonds is 4. The lowest BCUT2D eigenvalue weighted by Gasteiger charge is -2.41. The van der Waals surface area contributed by atoms with Crippen molar-refractivity contribution in [2.45, 2.75) is 54.9 Å². The van der Waals surface area contributed by atoms with E-state index in [-0.39, 0.29) is 5.76 Å². The van der Waals surface area contributed by atoms with Gasteiger partial charge in [0.2, 0.25) is 0 Å². The topological polar surface area (TPSA) is 231 Å². The predicted molar refractivity (Wildman–Crippen MR) is 131 cm³/mol. The highest BCUT2D eigenvalue weighted by atomic mass is 16.5. The lowest BCUT2D eigenvalue weighted by Crippen LogP contribution is -2.55. The van der Waals surface area contributed by atoms with Crippen LogP contribution in [0, 0.1) is 0 Å². The standard InChI is InChI=1S/C26H28O13/c27-7-13-18(31)21(34)23(36)26(39-13)15-19(32)14-10(28)6-12(9-4-2-1-3-5-9)38-24(14)16(20(15)33)25-22(35)17(30)11(29)8-37-25/h1-6,11,13,17-18,21-23,25-27,29-36H,7-8H2/t11-,13+,17-,18-,21-,22-,23-,25-,26+/m1/s1. The van der Waals surface area contributed by atoms with Gasteiger partial charge in [0.1, 0.15) is 77.6 Å². The maximum Gasteiger partial charge on any atom is 0.197 e. The van der Waals surface area contributed by atoms with Gasteiger partial charge in [0.25, 0.3) is 0 Å². The number of hydrogen-bond acceptors (Lipinski definition) is 13. The van der Waals surface area contributed by atoms with Crippen LogP contribution in [0.25, 0.3) is 22.3 Å². The molecule has 2 fully saturated rings. The summed E-state index contributed by atoms with van der Waals surface area (Å²) in [5.74, 6) is -1.75. The second-order valence-corrected chi connectivity index (χ2v) is 9.62. The molecule has 9 N–H and O–H groups in total. The van der Waals surface area contributed by atoms with Crippen LogP contribution >= 0.6 is 0 Å². The molecule has 3 aromatic rings. The molecule has 1 aromatic heterocycles. The van der Waals surface area contributed by atoms with E-state index in [1.165, 1.54) is 0 Å². The Balaban J connectivity index is 1.80. The van der Waals surface area contributed by atoms with Gasteiger partial charge in [0.05, 0.1) is 24.3 Å². The van der Waals surface area contributed by atoms with Crippen LogP contribution in [0.3, 0.4) is 0 Å². The second-order valence-electron chi connectivity index (χ2n) is 9.62. The fourth-order valence-electron chi connectivity index (χ4n) is 5.09. The van der Waals surface area contributed by atoms with Crippen molar-refractivity contribution in [1.29, 1.82) is 0 Å². The number of aromatic hydroxyl groups is 2. The van der Waals surface area contributed by atoms with E-state index in [4.69, 9.17) is 13.9 Å². The third kappa shape index (κ3) is 4.47. The molecule has 0 saturated carbocycles. The SMILES string of the molecule is O=c1cc(-c2ccccc2)oc2c([C@H]3OC[C@@H](O)[C@@H](O)[C@H]3O)c(O)c([C@@H]3O[C@@H](CO)[C@@H](O)[C@@H](O)[C@H]3O)c(O)c12. The zero-order valence-electron chi connectivity index (χ0n) is 20.2. The molecule has 13 nitrogen and oxygen atoms in total. The molecule has 0 unspecified atom stereocenters. The molecule has 0 aliphatic carbocycles. The van der Waals surface area contributed by atoms with E-state index in [2.05, 4.69) is 0 Å². The Morgan fingerprint density at radius 1 is 0.795 bits per heavy atom. The third-order valence-corrected chi connectivity index (χ3v) is 7.21. The number of hydrogen-bond donors (Lipinski definition) is 9. The first-order valence-electron chi connectivity index (χ1n) is 12.1. The summed E-state index contributed by atoms with van der Waals surface area (Å²) in [5, 5.41) is 94.0. The molecule has 0 radical (unpaired) electrons. The van der Waals surface area contributed by atoms with Crippen molar-refractivity contribution in [2.24, 2.45) is 0 Å². The number of ether oxygens (including phenoxy) is 2. The maximum atomic E-state index is 13.4. The Morgan fingerprint density at radius 2 is 1.46 bits per heavy atom. The molecule has 13 heteroatoms. The van der Waals surface area contributed by atoms with Crippen molar-refractivity contribution in [3.05, 3.63) is 57.7 Å². The van der Waals surface area contributed by atoms with Crippen molar-refractivity contribution in [1.82, 2.24) is 0 Å². The van der Waals surface area contributed by atoms with Gasteiger partial charge >= 0.3 is 0 Å². The molecule has 210 valence electrons. The van der Waals surface area contributed by atoms with E-state index in [1.54, 1.807) is 30.3 Å². The Kier molecular flexibility index (Phi) is 7.37. The van der Waals surface area contributed by atoms with Crippen LogP contribution in [0.5, 0.6) is 11.5 Å². The van der Waals surface area contributed by atoms with Crippen molar-refractivity contribution in [3.8, 4) is 22.8 Å². The van der Waals surface area contributed by atoms with Crippen LogP contribution in [-0.4, -0.2) is 102 Å². The first kappa shape index (κ1) is 27.5. The van der Waals surface area contributed by atoms with Gasteiger partial charge in [0.15, 0.2) is 11.0 Å². The van der Waals surface area contributed by atoms with Crippen molar-refractivity contribution >= 4 is 11.0 Å². The van der Waals surface area contributed by atoms with Crippen LogP contribution in [0.4, 0.5) is 0 Å². The maximum absolute atomic E-state index is 13.4. The van der Waals surface area contributed by atoms with Crippen molar-refractivity contribution in [3.63, 3.8) is 0 Å². The normalized spacial score (nSPS) is 33.4. The van der Waals surface area contributed by atoms with Crippen LogP contribution in [0.1, 0.15) is 23.3 Å². The van der Waals surface area contributed by atoms with Crippen molar-refractivity contribution < 1.29 is 59.8 Å². The molecule has 5 rings (SSSR count). The largest absolute Gasteiger partial charge is 0.507 e. The van der Waals surface area contributed by atoms with E-state index in [0.29, 0.717) is 5.56 Å². The van der Waals surface area contributed by atoms with Gasteiger partial charge < -0.3 is 59.8 Å². The summed E-state index contributed by atoms with van der Waals surface area (Å²) in [6.45, 7) is -1.29. The van der Waals surface area contributed by atoms with Crippen LogP contribution in [0.2, 0.25) is 0 Å². The van der Waals surface area contributed by atoms with Gasteiger partial charge in [-0.2, -0.15) is 0 Å². The molecule has 3 heterocycles.